The summed E-state index contributed by atoms with van der Waals surface area (Å²) in [4.78, 5) is 13.0. The number of carbonyl (C=O) groups is 1. The van der Waals surface area contributed by atoms with Crippen LogP contribution < -0.4 is 10.1 Å². The summed E-state index contributed by atoms with van der Waals surface area (Å²) in [5.41, 5.74) is 1.85. The predicted molar refractivity (Wildman–Crippen MR) is 123 cm³/mol. The van der Waals surface area contributed by atoms with Crippen LogP contribution in [0.2, 0.25) is 0 Å². The summed E-state index contributed by atoms with van der Waals surface area (Å²) in [5.74, 6) is 1.36. The monoisotopic (exact) mass is 455 g/mol. The maximum Gasteiger partial charge on any atom is 0.275 e. The van der Waals surface area contributed by atoms with E-state index in [1.165, 1.54) is 0 Å². The topological polar surface area (TPSA) is 101 Å². The number of aryl methyl sites for hydroxylation is 2. The lowest BCUT2D eigenvalue weighted by atomic mass is 10.0. The Labute approximate surface area is 193 Å². The number of amides is 1. The van der Waals surface area contributed by atoms with Gasteiger partial charge in [-0.3, -0.25) is 14.2 Å². The number of carbonyl (C=O) groups excluding carboxylic acids is 1. The molecule has 2 unspecified atom stereocenters. The van der Waals surface area contributed by atoms with Crippen LogP contribution in [-0.4, -0.2) is 48.5 Å². The fourth-order valence-electron chi connectivity index (χ4n) is 4.28. The standard InChI is InChI=1S/C23H33N7O3/c1-23(2,3)30-20(24-22(31)19-12-16(14-32-6)25-29(19)5)13-18(26-30)15-7-8-17(11-15)33-21-9-10-28(4)27-21/h9-10,12-13,15,17H,7-8,11,14H2,1-6H3,(H,24,31). The van der Waals surface area contributed by atoms with Gasteiger partial charge < -0.3 is 14.8 Å². The van der Waals surface area contributed by atoms with Gasteiger partial charge in [-0.2, -0.15) is 10.2 Å². The Morgan fingerprint density at radius 1 is 1.18 bits per heavy atom. The summed E-state index contributed by atoms with van der Waals surface area (Å²) in [5, 5.41) is 16.6. The van der Waals surface area contributed by atoms with Gasteiger partial charge in [0.1, 0.15) is 17.6 Å². The lowest BCUT2D eigenvalue weighted by Crippen LogP contribution is -2.27. The number of hydrogen-bond acceptors (Lipinski definition) is 6. The summed E-state index contributed by atoms with van der Waals surface area (Å²) >= 11 is 0. The van der Waals surface area contributed by atoms with Crippen molar-refractivity contribution in [1.29, 1.82) is 0 Å². The van der Waals surface area contributed by atoms with Crippen LogP contribution in [0.5, 0.6) is 5.88 Å². The van der Waals surface area contributed by atoms with Gasteiger partial charge in [0.2, 0.25) is 5.88 Å². The minimum atomic E-state index is -0.295. The van der Waals surface area contributed by atoms with Crippen molar-refractivity contribution in [2.24, 2.45) is 14.1 Å². The summed E-state index contributed by atoms with van der Waals surface area (Å²) in [6.07, 6.45) is 4.78. The zero-order valence-electron chi connectivity index (χ0n) is 20.2. The van der Waals surface area contributed by atoms with Crippen molar-refractivity contribution < 1.29 is 14.3 Å². The molecule has 0 aromatic carbocycles. The Morgan fingerprint density at radius 2 is 1.97 bits per heavy atom. The molecule has 10 heteroatoms. The number of anilines is 1. The first-order chi connectivity index (χ1) is 15.6. The van der Waals surface area contributed by atoms with Crippen molar-refractivity contribution >= 4 is 11.7 Å². The number of rotatable bonds is 7. The predicted octanol–water partition coefficient (Wildman–Crippen LogP) is 3.22. The third-order valence-corrected chi connectivity index (χ3v) is 5.84. The van der Waals surface area contributed by atoms with Crippen LogP contribution in [0.3, 0.4) is 0 Å². The molecule has 178 valence electrons. The number of ether oxygens (including phenoxy) is 2. The summed E-state index contributed by atoms with van der Waals surface area (Å²) in [7, 11) is 5.23. The van der Waals surface area contributed by atoms with E-state index < -0.39 is 0 Å². The number of nitrogens with one attached hydrogen (secondary N) is 1. The van der Waals surface area contributed by atoms with Gasteiger partial charge >= 0.3 is 0 Å². The van der Waals surface area contributed by atoms with Crippen LogP contribution in [0.4, 0.5) is 5.82 Å². The Bertz CT molecular complexity index is 1120. The molecule has 1 saturated carbocycles. The SMILES string of the molecule is COCc1cc(C(=O)Nc2cc(C3CCC(Oc4ccn(C)n4)C3)nn2C(C)(C)C)n(C)n1. The van der Waals surface area contributed by atoms with E-state index >= 15 is 0 Å². The van der Waals surface area contributed by atoms with Crippen LogP contribution in [0, 0.1) is 0 Å². The van der Waals surface area contributed by atoms with E-state index in [1.54, 1.807) is 29.6 Å². The van der Waals surface area contributed by atoms with Crippen molar-refractivity contribution in [1.82, 2.24) is 29.3 Å². The second-order valence-corrected chi connectivity index (χ2v) is 9.65. The maximum absolute atomic E-state index is 13.0. The molecule has 0 saturated heterocycles. The van der Waals surface area contributed by atoms with Crippen LogP contribution in [0.25, 0.3) is 0 Å². The molecule has 3 aromatic rings. The average molecular weight is 456 g/mol. The van der Waals surface area contributed by atoms with Gasteiger partial charge in [-0.05, 0) is 46.1 Å². The Morgan fingerprint density at radius 3 is 2.64 bits per heavy atom. The lowest BCUT2D eigenvalue weighted by Gasteiger charge is -2.22. The fourth-order valence-corrected chi connectivity index (χ4v) is 4.28. The Kier molecular flexibility index (Phi) is 6.29. The lowest BCUT2D eigenvalue weighted by molar-refractivity contribution is 0.101. The van der Waals surface area contributed by atoms with E-state index in [4.69, 9.17) is 14.6 Å². The Balaban J connectivity index is 1.51. The molecule has 0 spiro atoms. The van der Waals surface area contributed by atoms with Crippen LogP contribution in [0.15, 0.2) is 24.4 Å². The third-order valence-electron chi connectivity index (χ3n) is 5.84. The van der Waals surface area contributed by atoms with Gasteiger partial charge in [0.25, 0.3) is 5.91 Å². The molecule has 0 bridgehead atoms. The summed E-state index contributed by atoms with van der Waals surface area (Å²) in [6, 6.07) is 5.61. The van der Waals surface area contributed by atoms with Crippen LogP contribution >= 0.6 is 0 Å². The largest absolute Gasteiger partial charge is 0.473 e. The number of hydrogen-bond donors (Lipinski definition) is 1. The third kappa shape index (κ3) is 5.11. The molecule has 3 aromatic heterocycles. The number of nitrogens with zero attached hydrogens (tertiary/aromatic N) is 6. The van der Waals surface area contributed by atoms with Gasteiger partial charge in [0, 0.05) is 45.5 Å². The molecular formula is C23H33N7O3. The van der Waals surface area contributed by atoms with E-state index in [0.717, 1.165) is 25.0 Å². The molecule has 10 nitrogen and oxygen atoms in total. The van der Waals surface area contributed by atoms with E-state index in [9.17, 15) is 4.79 Å². The van der Waals surface area contributed by atoms with Gasteiger partial charge in [-0.15, -0.1) is 5.10 Å². The quantitative estimate of drug-likeness (QED) is 0.587. The average Bonchev–Trinajstić information content (AvgIpc) is 3.50. The van der Waals surface area contributed by atoms with Gasteiger partial charge in [-0.25, -0.2) is 4.68 Å². The van der Waals surface area contributed by atoms with E-state index in [-0.39, 0.29) is 23.5 Å². The molecule has 1 aliphatic carbocycles. The Hall–Kier alpha value is -3.14. The van der Waals surface area contributed by atoms with Gasteiger partial charge in [0.05, 0.1) is 23.5 Å². The highest BCUT2D eigenvalue weighted by Crippen LogP contribution is 2.37. The van der Waals surface area contributed by atoms with Crippen molar-refractivity contribution in [2.75, 3.05) is 12.4 Å². The first-order valence-electron chi connectivity index (χ1n) is 11.2. The van der Waals surface area contributed by atoms with Crippen molar-refractivity contribution in [3.63, 3.8) is 0 Å². The van der Waals surface area contributed by atoms with Crippen molar-refractivity contribution in [3.05, 3.63) is 41.5 Å². The number of aromatic nitrogens is 6. The molecule has 1 aliphatic rings. The fraction of sp³-hybridized carbons (Fsp3) is 0.565. The van der Waals surface area contributed by atoms with Crippen LogP contribution in [-0.2, 0) is 31.0 Å². The highest BCUT2D eigenvalue weighted by Gasteiger charge is 2.32. The molecule has 0 radical (unpaired) electrons. The minimum absolute atomic E-state index is 0.108. The zero-order chi connectivity index (χ0) is 23.8. The summed E-state index contributed by atoms with van der Waals surface area (Å²) in [6.45, 7) is 6.57. The second kappa shape index (κ2) is 9.01. The molecular weight excluding hydrogens is 422 g/mol. The highest BCUT2D eigenvalue weighted by atomic mass is 16.5. The van der Waals surface area contributed by atoms with Gasteiger partial charge in [-0.1, -0.05) is 0 Å². The van der Waals surface area contributed by atoms with Gasteiger partial charge in [0.15, 0.2) is 0 Å². The second-order valence-electron chi connectivity index (χ2n) is 9.65. The van der Waals surface area contributed by atoms with E-state index in [0.29, 0.717) is 29.7 Å². The zero-order valence-corrected chi connectivity index (χ0v) is 20.2. The summed E-state index contributed by atoms with van der Waals surface area (Å²) < 4.78 is 16.4. The molecule has 1 N–H and O–H groups in total. The van der Waals surface area contributed by atoms with Crippen molar-refractivity contribution in [2.45, 2.75) is 64.2 Å². The minimum Gasteiger partial charge on any atom is -0.473 e. The van der Waals surface area contributed by atoms with Crippen LogP contribution in [0.1, 0.15) is 67.8 Å². The highest BCUT2D eigenvalue weighted by molar-refractivity contribution is 6.02. The smallest absolute Gasteiger partial charge is 0.275 e. The molecule has 1 fully saturated rings. The van der Waals surface area contributed by atoms with Crippen molar-refractivity contribution in [3.8, 4) is 5.88 Å². The normalized spacial score (nSPS) is 18.6. The molecule has 0 aliphatic heterocycles. The molecule has 33 heavy (non-hydrogen) atoms. The van der Waals surface area contributed by atoms with E-state index in [2.05, 4.69) is 36.3 Å². The first kappa shape index (κ1) is 23.0. The number of methoxy groups -OCH3 is 1. The van der Waals surface area contributed by atoms with E-state index in [1.807, 2.05) is 30.1 Å². The molecule has 1 amide bonds. The maximum atomic E-state index is 13.0. The molecule has 4 rings (SSSR count). The molecule has 2 atom stereocenters. The molecule has 3 heterocycles. The first-order valence-corrected chi connectivity index (χ1v) is 11.2.